The number of ether oxygens (including phenoxy) is 3. The van der Waals surface area contributed by atoms with E-state index in [1.807, 2.05) is 0 Å². The normalized spacial score (nSPS) is 12.2. The van der Waals surface area contributed by atoms with E-state index in [2.05, 4.69) is 20.7 Å². The highest BCUT2D eigenvalue weighted by atomic mass is 79.9. The molecule has 3 aromatic rings. The van der Waals surface area contributed by atoms with Gasteiger partial charge in [0.1, 0.15) is 17.3 Å². The molecule has 2 aromatic carbocycles. The zero-order valence-electron chi connectivity index (χ0n) is 18.8. The number of rotatable bonds is 7. The maximum absolute atomic E-state index is 14.8. The molecule has 0 aliphatic rings. The number of thioether (sulfide) groups is 1. The van der Waals surface area contributed by atoms with E-state index in [1.54, 1.807) is 18.4 Å². The zero-order valence-corrected chi connectivity index (χ0v) is 21.2. The van der Waals surface area contributed by atoms with Crippen LogP contribution in [-0.2, 0) is 22.8 Å². The Morgan fingerprint density at radius 3 is 2.31 bits per heavy atom. The van der Waals surface area contributed by atoms with E-state index in [0.29, 0.717) is 0 Å². The van der Waals surface area contributed by atoms with Crippen molar-refractivity contribution in [1.29, 1.82) is 0 Å². The number of carbonyl (C=O) groups excluding carboxylic acids is 1. The number of alkyl halides is 3. The molecule has 0 radical (unpaired) electrons. The first-order chi connectivity index (χ1) is 16.9. The highest BCUT2D eigenvalue weighted by molar-refractivity contribution is 9.10. The number of carbonyl (C=O) groups is 1. The number of esters is 1. The minimum atomic E-state index is -4.97. The van der Waals surface area contributed by atoms with Crippen molar-refractivity contribution in [3.63, 3.8) is 0 Å². The van der Waals surface area contributed by atoms with E-state index in [-0.39, 0.29) is 36.9 Å². The van der Waals surface area contributed by atoms with Gasteiger partial charge in [0.15, 0.2) is 11.5 Å². The Labute approximate surface area is 213 Å². The predicted octanol–water partition coefficient (Wildman–Crippen LogP) is 4.49. The second kappa shape index (κ2) is 10.8. The van der Waals surface area contributed by atoms with Gasteiger partial charge in [-0.2, -0.15) is 13.2 Å². The van der Waals surface area contributed by atoms with Crippen LogP contribution < -0.4 is 20.7 Å². The first kappa shape index (κ1) is 27.3. The lowest BCUT2D eigenvalue weighted by Crippen LogP contribution is -2.41. The molecular weight excluding hydrogens is 576 g/mol. The van der Waals surface area contributed by atoms with Gasteiger partial charge in [-0.05, 0) is 40.4 Å². The summed E-state index contributed by atoms with van der Waals surface area (Å²) in [6, 6.07) is 8.21. The summed E-state index contributed by atoms with van der Waals surface area (Å²) in [4.78, 5) is 36.9. The molecule has 1 aromatic heterocycles. The predicted molar refractivity (Wildman–Crippen MR) is 126 cm³/mol. The molecule has 0 unspecified atom stereocenters. The third-order valence-electron chi connectivity index (χ3n) is 4.76. The fourth-order valence-corrected chi connectivity index (χ4v) is 3.93. The molecule has 0 aliphatic heterocycles. The number of halogens is 5. The maximum atomic E-state index is 14.8. The fourth-order valence-electron chi connectivity index (χ4n) is 3.04. The Morgan fingerprint density at radius 2 is 1.72 bits per heavy atom. The highest BCUT2D eigenvalue weighted by Crippen LogP contribution is 2.38. The summed E-state index contributed by atoms with van der Waals surface area (Å²) in [6.07, 6.45) is -3.35. The van der Waals surface area contributed by atoms with E-state index in [1.165, 1.54) is 19.2 Å². The van der Waals surface area contributed by atoms with Gasteiger partial charge in [0.05, 0.1) is 17.3 Å². The first-order valence-electron chi connectivity index (χ1n) is 9.83. The summed E-state index contributed by atoms with van der Waals surface area (Å²) in [7, 11) is 2.01. The standard InChI is InChI=1S/C22H17BrF4N2O6S/c1-28-17(22(25,26)27)10-18(30)29(21(28)32)13-9-16(11(23)8-12(13)24)34-14-6-4-5-7-15(14)35-20(36-3)19(31)33-2/h4-10,20H,1-3H3/t20-/m1/s1. The van der Waals surface area contributed by atoms with Crippen molar-refractivity contribution in [3.8, 4) is 22.9 Å². The lowest BCUT2D eigenvalue weighted by Gasteiger charge is -2.18. The average Bonchev–Trinajstić information content (AvgIpc) is 2.82. The summed E-state index contributed by atoms with van der Waals surface area (Å²) in [5, 5.41) is 0. The number of nitrogens with zero attached hydrogens (tertiary/aromatic N) is 2. The second-order valence-corrected chi connectivity index (χ2v) is 8.79. The van der Waals surface area contributed by atoms with Crippen molar-refractivity contribution in [2.24, 2.45) is 7.05 Å². The van der Waals surface area contributed by atoms with Crippen molar-refractivity contribution in [2.45, 2.75) is 11.6 Å². The highest BCUT2D eigenvalue weighted by Gasteiger charge is 2.35. The van der Waals surface area contributed by atoms with Gasteiger partial charge in [0, 0.05) is 19.2 Å². The van der Waals surface area contributed by atoms with Crippen molar-refractivity contribution in [2.75, 3.05) is 13.4 Å². The first-order valence-corrected chi connectivity index (χ1v) is 11.9. The van der Waals surface area contributed by atoms with Crippen molar-refractivity contribution < 1.29 is 36.6 Å². The molecule has 0 saturated heterocycles. The zero-order chi connectivity index (χ0) is 26.8. The van der Waals surface area contributed by atoms with E-state index in [9.17, 15) is 31.9 Å². The Kier molecular flexibility index (Phi) is 8.19. The van der Waals surface area contributed by atoms with Gasteiger partial charge < -0.3 is 14.2 Å². The molecule has 1 atom stereocenters. The maximum Gasteiger partial charge on any atom is 0.431 e. The van der Waals surface area contributed by atoms with Gasteiger partial charge in [-0.15, -0.1) is 11.8 Å². The number of aromatic nitrogens is 2. The van der Waals surface area contributed by atoms with Crippen LogP contribution in [-0.4, -0.2) is 33.9 Å². The van der Waals surface area contributed by atoms with Crippen LogP contribution in [0, 0.1) is 5.82 Å². The minimum Gasteiger partial charge on any atom is -0.466 e. The summed E-state index contributed by atoms with van der Waals surface area (Å²) in [5.74, 6) is -1.64. The van der Waals surface area contributed by atoms with Crippen LogP contribution in [0.3, 0.4) is 0 Å². The molecular formula is C22H17BrF4N2O6S. The SMILES string of the molecule is COC(=O)[C@H](Oc1ccccc1Oc1cc(-n2c(=O)cc(C(F)(F)F)n(C)c2=O)c(F)cc1Br)SC. The van der Waals surface area contributed by atoms with Crippen molar-refractivity contribution >= 4 is 33.7 Å². The third kappa shape index (κ3) is 5.59. The molecule has 0 bridgehead atoms. The Morgan fingerprint density at radius 1 is 1.08 bits per heavy atom. The molecule has 0 saturated carbocycles. The van der Waals surface area contributed by atoms with E-state index in [4.69, 9.17) is 9.47 Å². The minimum absolute atomic E-state index is 0.0599. The van der Waals surface area contributed by atoms with Crippen molar-refractivity contribution in [3.05, 3.63) is 79.3 Å². The lowest BCUT2D eigenvalue weighted by atomic mass is 10.2. The molecule has 14 heteroatoms. The fraction of sp³-hybridized carbons (Fsp3) is 0.227. The van der Waals surface area contributed by atoms with Crippen LogP contribution in [0.5, 0.6) is 17.2 Å². The van der Waals surface area contributed by atoms with Crippen LogP contribution in [0.15, 0.2) is 56.5 Å². The Hall–Kier alpha value is -3.26. The molecule has 8 nitrogen and oxygen atoms in total. The van der Waals surface area contributed by atoms with Gasteiger partial charge in [-0.3, -0.25) is 9.36 Å². The second-order valence-electron chi connectivity index (χ2n) is 7.03. The van der Waals surface area contributed by atoms with Gasteiger partial charge in [-0.25, -0.2) is 18.5 Å². The van der Waals surface area contributed by atoms with Crippen LogP contribution >= 0.6 is 27.7 Å². The molecule has 0 fully saturated rings. The average molecular weight is 593 g/mol. The molecule has 0 amide bonds. The van der Waals surface area contributed by atoms with E-state index >= 15 is 0 Å². The molecule has 0 N–H and O–H groups in total. The van der Waals surface area contributed by atoms with Gasteiger partial charge in [0.2, 0.25) is 5.44 Å². The third-order valence-corrected chi connectivity index (χ3v) is 6.10. The van der Waals surface area contributed by atoms with E-state index in [0.717, 1.165) is 30.9 Å². The van der Waals surface area contributed by atoms with Crippen molar-refractivity contribution in [1.82, 2.24) is 9.13 Å². The van der Waals surface area contributed by atoms with Crippen LogP contribution in [0.1, 0.15) is 5.69 Å². The van der Waals surface area contributed by atoms with Gasteiger partial charge in [0.25, 0.3) is 5.56 Å². The quantitative estimate of drug-likeness (QED) is 0.227. The smallest absolute Gasteiger partial charge is 0.431 e. The van der Waals surface area contributed by atoms with Crippen LogP contribution in [0.2, 0.25) is 0 Å². The Bertz CT molecular complexity index is 1420. The molecule has 192 valence electrons. The number of benzene rings is 2. The largest absolute Gasteiger partial charge is 0.466 e. The number of methoxy groups -OCH3 is 1. The molecule has 0 spiro atoms. The van der Waals surface area contributed by atoms with Gasteiger partial charge >= 0.3 is 17.8 Å². The lowest BCUT2D eigenvalue weighted by molar-refractivity contribution is -0.145. The van der Waals surface area contributed by atoms with E-state index < -0.39 is 46.0 Å². The molecule has 0 aliphatic carbocycles. The summed E-state index contributed by atoms with van der Waals surface area (Å²) in [6.45, 7) is 0. The number of para-hydroxylation sites is 2. The Balaban J connectivity index is 2.09. The monoisotopic (exact) mass is 592 g/mol. The summed E-state index contributed by atoms with van der Waals surface area (Å²) >= 11 is 4.18. The van der Waals surface area contributed by atoms with Crippen LogP contribution in [0.4, 0.5) is 17.6 Å². The summed E-state index contributed by atoms with van der Waals surface area (Å²) in [5.41, 5.74) is -5.94. The topological polar surface area (TPSA) is 88.8 Å². The van der Waals surface area contributed by atoms with Crippen LogP contribution in [0.25, 0.3) is 5.69 Å². The molecule has 1 heterocycles. The van der Waals surface area contributed by atoms with Gasteiger partial charge in [-0.1, -0.05) is 12.1 Å². The molecule has 36 heavy (non-hydrogen) atoms. The molecule has 3 rings (SSSR count). The number of hydrogen-bond acceptors (Lipinski definition) is 7. The number of hydrogen-bond donors (Lipinski definition) is 0. The summed E-state index contributed by atoms with van der Waals surface area (Å²) < 4.78 is 70.9.